The number of nitrogens with one attached hydrogen (secondary N) is 2. The number of nitrogens with two attached hydrogens (primary N) is 2. The van der Waals surface area contributed by atoms with Gasteiger partial charge in [-0.2, -0.15) is 0 Å². The fraction of sp³-hybridized carbons (Fsp3) is 0.667. The van der Waals surface area contributed by atoms with Crippen molar-refractivity contribution in [2.45, 2.75) is 0 Å². The van der Waals surface area contributed by atoms with Crippen LogP contribution in [0.3, 0.4) is 0 Å². The monoisotopic (exact) mass is 102 g/mol. The minimum atomic E-state index is -0.0227. The summed E-state index contributed by atoms with van der Waals surface area (Å²) in [6, 6.07) is 0. The van der Waals surface area contributed by atoms with E-state index in [0.29, 0.717) is 13.1 Å². The highest BCUT2D eigenvalue weighted by Crippen LogP contribution is 1.47. The van der Waals surface area contributed by atoms with Gasteiger partial charge in [0.1, 0.15) is 0 Å². The summed E-state index contributed by atoms with van der Waals surface area (Å²) in [6.07, 6.45) is 0. The Morgan fingerprint density at radius 3 is 2.43 bits per heavy atom. The third-order valence-corrected chi connectivity index (χ3v) is 0.460. The highest BCUT2D eigenvalue weighted by atomic mass is 15.0. The molecular weight excluding hydrogens is 92.1 g/mol. The molecule has 0 aliphatic carbocycles. The second-order valence-electron chi connectivity index (χ2n) is 1.13. The molecule has 0 aromatic carbocycles. The lowest BCUT2D eigenvalue weighted by Gasteiger charge is -1.96. The lowest BCUT2D eigenvalue weighted by Crippen LogP contribution is -2.34. The van der Waals surface area contributed by atoms with E-state index in [-0.39, 0.29) is 5.96 Å². The molecule has 0 aromatic rings. The molecular formula is C3H10N4. The summed E-state index contributed by atoms with van der Waals surface area (Å²) in [7, 11) is 0. The van der Waals surface area contributed by atoms with Gasteiger partial charge in [0.2, 0.25) is 0 Å². The van der Waals surface area contributed by atoms with Crippen molar-refractivity contribution in [3.05, 3.63) is 0 Å². The van der Waals surface area contributed by atoms with Crippen molar-refractivity contribution in [3.8, 4) is 0 Å². The van der Waals surface area contributed by atoms with E-state index in [1.54, 1.807) is 0 Å². The molecule has 0 heterocycles. The van der Waals surface area contributed by atoms with Crippen LogP contribution >= 0.6 is 0 Å². The molecule has 6 N–H and O–H groups in total. The fourth-order valence-electron chi connectivity index (χ4n) is 0.207. The summed E-state index contributed by atoms with van der Waals surface area (Å²) in [6.45, 7) is 1.09. The van der Waals surface area contributed by atoms with Crippen molar-refractivity contribution in [2.75, 3.05) is 13.1 Å². The van der Waals surface area contributed by atoms with Crippen molar-refractivity contribution in [1.82, 2.24) is 5.32 Å². The number of hydrogen-bond acceptors (Lipinski definition) is 2. The van der Waals surface area contributed by atoms with Gasteiger partial charge in [0.05, 0.1) is 0 Å². The van der Waals surface area contributed by atoms with Crippen LogP contribution < -0.4 is 16.8 Å². The Hall–Kier alpha value is -0.770. The minimum Gasteiger partial charge on any atom is -0.370 e. The average molecular weight is 102 g/mol. The Morgan fingerprint density at radius 2 is 2.29 bits per heavy atom. The van der Waals surface area contributed by atoms with Gasteiger partial charge >= 0.3 is 0 Å². The average Bonchev–Trinajstić information content (AvgIpc) is 1.61. The van der Waals surface area contributed by atoms with Crippen molar-refractivity contribution in [1.29, 1.82) is 5.41 Å². The fourth-order valence-corrected chi connectivity index (χ4v) is 0.207. The smallest absolute Gasteiger partial charge is 0.185 e. The quantitative estimate of drug-likeness (QED) is 0.251. The van der Waals surface area contributed by atoms with Gasteiger partial charge in [-0.15, -0.1) is 0 Å². The Kier molecular flexibility index (Phi) is 3.04. The zero-order chi connectivity index (χ0) is 5.70. The van der Waals surface area contributed by atoms with Crippen molar-refractivity contribution in [2.24, 2.45) is 11.5 Å². The van der Waals surface area contributed by atoms with E-state index in [4.69, 9.17) is 16.9 Å². The topological polar surface area (TPSA) is 87.9 Å². The molecule has 0 saturated carbocycles. The molecule has 0 radical (unpaired) electrons. The lowest BCUT2D eigenvalue weighted by atomic mass is 10.6. The molecule has 0 saturated heterocycles. The molecule has 0 rings (SSSR count). The van der Waals surface area contributed by atoms with Crippen LogP contribution in [0.25, 0.3) is 0 Å². The van der Waals surface area contributed by atoms with Crippen LogP contribution in [0.2, 0.25) is 0 Å². The highest BCUT2D eigenvalue weighted by Gasteiger charge is 1.79. The zero-order valence-corrected chi connectivity index (χ0v) is 4.07. The van der Waals surface area contributed by atoms with E-state index in [9.17, 15) is 0 Å². The molecule has 0 aliphatic heterocycles. The molecule has 42 valence electrons. The van der Waals surface area contributed by atoms with Crippen LogP contribution in [0.15, 0.2) is 0 Å². The van der Waals surface area contributed by atoms with Gasteiger partial charge in [0, 0.05) is 13.1 Å². The third kappa shape index (κ3) is 5.23. The van der Waals surface area contributed by atoms with E-state index in [0.717, 1.165) is 0 Å². The molecule has 0 unspecified atom stereocenters. The SMILES string of the molecule is N=C(N)NCCN. The van der Waals surface area contributed by atoms with Gasteiger partial charge in [0.25, 0.3) is 0 Å². The lowest BCUT2D eigenvalue weighted by molar-refractivity contribution is 0.864. The number of guanidine groups is 1. The van der Waals surface area contributed by atoms with Crippen LogP contribution in [0.1, 0.15) is 0 Å². The van der Waals surface area contributed by atoms with Gasteiger partial charge in [0.15, 0.2) is 5.96 Å². The summed E-state index contributed by atoms with van der Waals surface area (Å²) in [4.78, 5) is 0. The normalized spacial score (nSPS) is 8.14. The first-order chi connectivity index (χ1) is 3.27. The highest BCUT2D eigenvalue weighted by molar-refractivity contribution is 5.74. The first-order valence-electron chi connectivity index (χ1n) is 2.05. The molecule has 0 fully saturated rings. The predicted octanol–water partition coefficient (Wildman–Crippen LogP) is -1.57. The molecule has 0 spiro atoms. The summed E-state index contributed by atoms with van der Waals surface area (Å²) in [5.41, 5.74) is 9.96. The Bertz CT molecular complexity index is 60.0. The van der Waals surface area contributed by atoms with Crippen LogP contribution in [-0.2, 0) is 0 Å². The van der Waals surface area contributed by atoms with E-state index in [1.807, 2.05) is 0 Å². The molecule has 4 nitrogen and oxygen atoms in total. The van der Waals surface area contributed by atoms with E-state index in [1.165, 1.54) is 0 Å². The first-order valence-corrected chi connectivity index (χ1v) is 2.05. The predicted molar refractivity (Wildman–Crippen MR) is 29.0 cm³/mol. The Morgan fingerprint density at radius 1 is 1.71 bits per heavy atom. The zero-order valence-electron chi connectivity index (χ0n) is 4.07. The van der Waals surface area contributed by atoms with Crippen LogP contribution in [0.4, 0.5) is 0 Å². The third-order valence-electron chi connectivity index (χ3n) is 0.460. The molecule has 0 aliphatic rings. The van der Waals surface area contributed by atoms with Gasteiger partial charge < -0.3 is 16.8 Å². The van der Waals surface area contributed by atoms with Crippen LogP contribution in [-0.4, -0.2) is 19.0 Å². The van der Waals surface area contributed by atoms with E-state index < -0.39 is 0 Å². The van der Waals surface area contributed by atoms with Crippen molar-refractivity contribution >= 4 is 5.96 Å². The summed E-state index contributed by atoms with van der Waals surface area (Å²) < 4.78 is 0. The standard InChI is InChI=1S/C3H10N4/c4-1-2-7-3(5)6/h1-2,4H2,(H4,5,6,7). The van der Waals surface area contributed by atoms with Crippen LogP contribution in [0, 0.1) is 5.41 Å². The van der Waals surface area contributed by atoms with Gasteiger partial charge in [-0.25, -0.2) is 0 Å². The summed E-state index contributed by atoms with van der Waals surface area (Å²) >= 11 is 0. The molecule has 0 amide bonds. The maximum absolute atomic E-state index is 6.61. The maximum atomic E-state index is 6.61. The molecule has 4 heteroatoms. The number of hydrogen-bond donors (Lipinski definition) is 4. The second kappa shape index (κ2) is 3.42. The summed E-state index contributed by atoms with van der Waals surface area (Å²) in [5.74, 6) is -0.0227. The van der Waals surface area contributed by atoms with Gasteiger partial charge in [-0.3, -0.25) is 5.41 Å². The van der Waals surface area contributed by atoms with Crippen molar-refractivity contribution in [3.63, 3.8) is 0 Å². The first kappa shape index (κ1) is 6.23. The van der Waals surface area contributed by atoms with Gasteiger partial charge in [-0.05, 0) is 0 Å². The number of rotatable bonds is 2. The van der Waals surface area contributed by atoms with E-state index >= 15 is 0 Å². The largest absolute Gasteiger partial charge is 0.370 e. The van der Waals surface area contributed by atoms with Crippen LogP contribution in [0.5, 0.6) is 0 Å². The van der Waals surface area contributed by atoms with E-state index in [2.05, 4.69) is 5.32 Å². The molecule has 0 atom stereocenters. The minimum absolute atomic E-state index is 0.0227. The molecule has 0 aromatic heterocycles. The second-order valence-corrected chi connectivity index (χ2v) is 1.13. The maximum Gasteiger partial charge on any atom is 0.185 e. The van der Waals surface area contributed by atoms with Gasteiger partial charge in [-0.1, -0.05) is 0 Å². The summed E-state index contributed by atoms with van der Waals surface area (Å²) in [5, 5.41) is 9.14. The molecule has 7 heavy (non-hydrogen) atoms. The Labute approximate surface area is 42.4 Å². The Balaban J connectivity index is 2.82. The molecule has 0 bridgehead atoms. The van der Waals surface area contributed by atoms with Crippen molar-refractivity contribution < 1.29 is 0 Å².